The minimum Gasteiger partial charge on any atom is -0.346 e. The Kier molecular flexibility index (Phi) is 4.79. The molecule has 0 heterocycles. The highest BCUT2D eigenvalue weighted by molar-refractivity contribution is 5.95. The molecule has 0 spiro atoms. The van der Waals surface area contributed by atoms with Crippen LogP contribution in [0.3, 0.4) is 0 Å². The van der Waals surface area contributed by atoms with Crippen molar-refractivity contribution in [2.75, 3.05) is 0 Å². The fraction of sp³-hybridized carbons (Fsp3) is 0.278. The molecule has 1 amide bonds. The van der Waals surface area contributed by atoms with Crippen molar-refractivity contribution in [2.45, 2.75) is 33.7 Å². The van der Waals surface area contributed by atoms with Crippen LogP contribution in [0.4, 0.5) is 5.69 Å². The van der Waals surface area contributed by atoms with Gasteiger partial charge in [0.2, 0.25) is 0 Å². The van der Waals surface area contributed by atoms with Gasteiger partial charge < -0.3 is 5.32 Å². The first-order valence-corrected chi connectivity index (χ1v) is 7.42. The van der Waals surface area contributed by atoms with Gasteiger partial charge in [-0.1, -0.05) is 23.8 Å². The second-order valence-electron chi connectivity index (χ2n) is 5.81. The van der Waals surface area contributed by atoms with Crippen molar-refractivity contribution in [3.63, 3.8) is 0 Å². The second-order valence-corrected chi connectivity index (χ2v) is 5.81. The summed E-state index contributed by atoms with van der Waals surface area (Å²) in [5, 5.41) is 13.8. The number of amides is 1. The maximum atomic E-state index is 12.4. The van der Waals surface area contributed by atoms with Gasteiger partial charge in [-0.15, -0.1) is 0 Å². The Labute approximate surface area is 135 Å². The van der Waals surface area contributed by atoms with E-state index in [4.69, 9.17) is 0 Å². The molecular formula is C18H20N2O3. The third kappa shape index (κ3) is 3.74. The Balaban J connectivity index is 2.20. The molecule has 0 bridgehead atoms. The van der Waals surface area contributed by atoms with E-state index in [0.717, 1.165) is 16.7 Å². The number of nitrogens with zero attached hydrogens (tertiary/aromatic N) is 1. The monoisotopic (exact) mass is 312 g/mol. The number of aryl methyl sites for hydroxylation is 3. The molecule has 0 saturated carbocycles. The predicted octanol–water partition coefficient (Wildman–Crippen LogP) is 4.01. The van der Waals surface area contributed by atoms with Crippen LogP contribution in [0.15, 0.2) is 36.4 Å². The number of rotatable bonds is 4. The Morgan fingerprint density at radius 2 is 1.78 bits per heavy atom. The molecule has 2 aromatic carbocycles. The van der Waals surface area contributed by atoms with E-state index in [9.17, 15) is 14.9 Å². The second kappa shape index (κ2) is 6.60. The minimum atomic E-state index is -0.449. The number of carbonyl (C=O) groups is 1. The summed E-state index contributed by atoms with van der Waals surface area (Å²) in [6.07, 6.45) is 0. The van der Waals surface area contributed by atoms with E-state index >= 15 is 0 Å². The highest BCUT2D eigenvalue weighted by Crippen LogP contribution is 2.21. The molecule has 0 aliphatic carbocycles. The zero-order valence-corrected chi connectivity index (χ0v) is 13.7. The van der Waals surface area contributed by atoms with E-state index in [-0.39, 0.29) is 17.6 Å². The fourth-order valence-electron chi connectivity index (χ4n) is 2.59. The van der Waals surface area contributed by atoms with Crippen LogP contribution < -0.4 is 5.32 Å². The SMILES string of the molecule is Cc1ccc(C)c(C(C)NC(=O)c2ccc([N+](=O)[O-])c(C)c2)c1. The van der Waals surface area contributed by atoms with Crippen LogP contribution in [0.1, 0.15) is 45.6 Å². The van der Waals surface area contributed by atoms with Crippen molar-refractivity contribution in [2.24, 2.45) is 0 Å². The number of nitrogens with one attached hydrogen (secondary N) is 1. The molecule has 0 fully saturated rings. The van der Waals surface area contributed by atoms with Crippen molar-refractivity contribution < 1.29 is 9.72 Å². The van der Waals surface area contributed by atoms with E-state index in [1.165, 1.54) is 12.1 Å². The normalized spacial score (nSPS) is 11.8. The molecule has 23 heavy (non-hydrogen) atoms. The van der Waals surface area contributed by atoms with E-state index in [1.54, 1.807) is 13.0 Å². The molecule has 0 aliphatic rings. The van der Waals surface area contributed by atoms with Gasteiger partial charge in [0.25, 0.3) is 11.6 Å². The lowest BCUT2D eigenvalue weighted by atomic mass is 9.99. The number of nitro groups is 1. The van der Waals surface area contributed by atoms with E-state index in [0.29, 0.717) is 11.1 Å². The zero-order chi connectivity index (χ0) is 17.1. The maximum Gasteiger partial charge on any atom is 0.272 e. The summed E-state index contributed by atoms with van der Waals surface area (Å²) in [5.74, 6) is -0.239. The summed E-state index contributed by atoms with van der Waals surface area (Å²) in [5.41, 5.74) is 4.23. The highest BCUT2D eigenvalue weighted by atomic mass is 16.6. The van der Waals surface area contributed by atoms with Crippen LogP contribution in [-0.4, -0.2) is 10.8 Å². The van der Waals surface area contributed by atoms with Gasteiger partial charge in [-0.3, -0.25) is 14.9 Å². The van der Waals surface area contributed by atoms with Gasteiger partial charge >= 0.3 is 0 Å². The number of benzene rings is 2. The van der Waals surface area contributed by atoms with Crippen molar-refractivity contribution in [1.29, 1.82) is 0 Å². The standard InChI is InChI=1S/C18H20N2O3/c1-11-5-6-12(2)16(9-11)14(4)19-18(21)15-7-8-17(20(22)23)13(3)10-15/h5-10,14H,1-4H3,(H,19,21). The summed E-state index contributed by atoms with van der Waals surface area (Å²) in [6, 6.07) is 10.4. The molecule has 1 N–H and O–H groups in total. The van der Waals surface area contributed by atoms with Crippen LogP contribution in [-0.2, 0) is 0 Å². The first kappa shape index (κ1) is 16.7. The van der Waals surface area contributed by atoms with Crippen LogP contribution in [0.25, 0.3) is 0 Å². The Morgan fingerprint density at radius 1 is 1.09 bits per heavy atom. The van der Waals surface area contributed by atoms with Gasteiger partial charge in [-0.2, -0.15) is 0 Å². The molecular weight excluding hydrogens is 292 g/mol. The Hall–Kier alpha value is -2.69. The van der Waals surface area contributed by atoms with E-state index in [1.807, 2.05) is 32.9 Å². The molecule has 0 aliphatic heterocycles. The van der Waals surface area contributed by atoms with Gasteiger partial charge in [0.1, 0.15) is 0 Å². The molecule has 2 aromatic rings. The van der Waals surface area contributed by atoms with Crippen molar-refractivity contribution in [3.8, 4) is 0 Å². The molecule has 5 nitrogen and oxygen atoms in total. The van der Waals surface area contributed by atoms with Crippen molar-refractivity contribution in [1.82, 2.24) is 5.32 Å². The number of carbonyl (C=O) groups excluding carboxylic acids is 1. The Bertz CT molecular complexity index is 769. The lowest BCUT2D eigenvalue weighted by Crippen LogP contribution is -2.27. The summed E-state index contributed by atoms with van der Waals surface area (Å²) in [4.78, 5) is 22.8. The molecule has 1 atom stereocenters. The molecule has 0 saturated heterocycles. The largest absolute Gasteiger partial charge is 0.346 e. The van der Waals surface area contributed by atoms with Gasteiger partial charge in [-0.05, 0) is 51.0 Å². The van der Waals surface area contributed by atoms with Crippen LogP contribution >= 0.6 is 0 Å². The van der Waals surface area contributed by atoms with E-state index in [2.05, 4.69) is 11.4 Å². The van der Waals surface area contributed by atoms with Crippen LogP contribution in [0.5, 0.6) is 0 Å². The lowest BCUT2D eigenvalue weighted by molar-refractivity contribution is -0.385. The summed E-state index contributed by atoms with van der Waals surface area (Å²) in [7, 11) is 0. The number of hydrogen-bond donors (Lipinski definition) is 1. The maximum absolute atomic E-state index is 12.4. The third-order valence-corrected chi connectivity index (χ3v) is 3.90. The highest BCUT2D eigenvalue weighted by Gasteiger charge is 2.16. The average molecular weight is 312 g/mol. The van der Waals surface area contributed by atoms with Gasteiger partial charge in [0.05, 0.1) is 11.0 Å². The molecule has 120 valence electrons. The smallest absolute Gasteiger partial charge is 0.272 e. The first-order chi connectivity index (χ1) is 10.8. The number of hydrogen-bond acceptors (Lipinski definition) is 3. The quantitative estimate of drug-likeness (QED) is 0.685. The fourth-order valence-corrected chi connectivity index (χ4v) is 2.59. The summed E-state index contributed by atoms with van der Waals surface area (Å²) >= 11 is 0. The van der Waals surface area contributed by atoms with E-state index < -0.39 is 4.92 Å². The average Bonchev–Trinajstić information content (AvgIpc) is 2.49. The van der Waals surface area contributed by atoms with Crippen molar-refractivity contribution in [3.05, 3.63) is 74.3 Å². The summed E-state index contributed by atoms with van der Waals surface area (Å²) in [6.45, 7) is 7.57. The zero-order valence-electron chi connectivity index (χ0n) is 13.7. The first-order valence-electron chi connectivity index (χ1n) is 7.42. The van der Waals surface area contributed by atoms with Gasteiger partial charge in [-0.25, -0.2) is 0 Å². The molecule has 2 rings (SSSR count). The molecule has 0 aromatic heterocycles. The summed E-state index contributed by atoms with van der Waals surface area (Å²) < 4.78 is 0. The number of nitro benzene ring substituents is 1. The van der Waals surface area contributed by atoms with Gasteiger partial charge in [0.15, 0.2) is 0 Å². The van der Waals surface area contributed by atoms with Crippen molar-refractivity contribution >= 4 is 11.6 Å². The minimum absolute atomic E-state index is 0.0177. The predicted molar refractivity (Wildman–Crippen MR) is 89.6 cm³/mol. The third-order valence-electron chi connectivity index (χ3n) is 3.90. The molecule has 5 heteroatoms. The molecule has 0 radical (unpaired) electrons. The van der Waals surface area contributed by atoms with Crippen LogP contribution in [0, 0.1) is 30.9 Å². The topological polar surface area (TPSA) is 72.2 Å². The Morgan fingerprint density at radius 3 is 2.39 bits per heavy atom. The van der Waals surface area contributed by atoms with Gasteiger partial charge in [0, 0.05) is 17.2 Å². The molecule has 1 unspecified atom stereocenters. The van der Waals surface area contributed by atoms with Crippen LogP contribution in [0.2, 0.25) is 0 Å². The lowest BCUT2D eigenvalue weighted by Gasteiger charge is -2.17.